The van der Waals surface area contributed by atoms with E-state index in [2.05, 4.69) is 72.2 Å². The summed E-state index contributed by atoms with van der Waals surface area (Å²) in [6, 6.07) is 9.73. The van der Waals surface area contributed by atoms with Crippen molar-refractivity contribution in [2.75, 3.05) is 27.2 Å². The van der Waals surface area contributed by atoms with Crippen molar-refractivity contribution < 1.29 is 9.59 Å². The summed E-state index contributed by atoms with van der Waals surface area (Å²) in [6.07, 6.45) is 4.37. The molecule has 39 heavy (non-hydrogen) atoms. The number of carbonyl (C=O) groups excluding carboxylic acids is 2. The topological polar surface area (TPSA) is 79.3 Å². The zero-order valence-corrected chi connectivity index (χ0v) is 25.6. The first-order chi connectivity index (χ1) is 18.7. The number of nitrogens with zero attached hydrogens (tertiary/aromatic N) is 3. The Balaban J connectivity index is 1.82. The molecule has 0 fully saturated rings. The minimum atomic E-state index is -0.582. The van der Waals surface area contributed by atoms with Crippen LogP contribution < -0.4 is 10.6 Å². The standard InChI is InChI=1S/C31H47N5O2S/c1-8-22(20-35(6)7)19-32-31(38)27(16-21(4)5)34-30(37)23-13-14-28-26(17-23)33-29(18-25-12-11-15-39-25)36(28)24(9-2)10-3/h11-15,17,21-22,24,27H,8-10,16,18-20H2,1-7H3,(H,32,38)(H,34,37)/t22?,27-/m0/s1. The maximum atomic E-state index is 13.4. The average molecular weight is 554 g/mol. The number of benzene rings is 1. The molecule has 7 nitrogen and oxygen atoms in total. The van der Waals surface area contributed by atoms with E-state index >= 15 is 0 Å². The van der Waals surface area contributed by atoms with Crippen LogP contribution in [0.4, 0.5) is 0 Å². The van der Waals surface area contributed by atoms with Gasteiger partial charge in [0.2, 0.25) is 5.91 Å². The third kappa shape index (κ3) is 8.39. The molecule has 2 aromatic heterocycles. The maximum Gasteiger partial charge on any atom is 0.252 e. The fourth-order valence-electron chi connectivity index (χ4n) is 5.21. The van der Waals surface area contributed by atoms with E-state index in [-0.39, 0.29) is 17.7 Å². The van der Waals surface area contributed by atoms with Crippen LogP contribution in [-0.4, -0.2) is 59.5 Å². The van der Waals surface area contributed by atoms with Crippen LogP contribution in [0.1, 0.15) is 87.4 Å². The lowest BCUT2D eigenvalue weighted by molar-refractivity contribution is -0.123. The lowest BCUT2D eigenvalue weighted by Crippen LogP contribution is -2.48. The molecule has 0 spiro atoms. The zero-order chi connectivity index (χ0) is 28.5. The predicted molar refractivity (Wildman–Crippen MR) is 163 cm³/mol. The van der Waals surface area contributed by atoms with E-state index in [1.54, 1.807) is 11.3 Å². The normalized spacial score (nSPS) is 13.4. The second-order valence-electron chi connectivity index (χ2n) is 11.3. The molecule has 2 N–H and O–H groups in total. The van der Waals surface area contributed by atoms with Gasteiger partial charge in [-0.1, -0.05) is 47.1 Å². The van der Waals surface area contributed by atoms with Gasteiger partial charge in [0.25, 0.3) is 5.91 Å². The molecule has 3 aromatic rings. The van der Waals surface area contributed by atoms with Gasteiger partial charge in [-0.15, -0.1) is 11.3 Å². The van der Waals surface area contributed by atoms with Gasteiger partial charge >= 0.3 is 0 Å². The number of nitrogens with one attached hydrogen (secondary N) is 2. The molecule has 1 aromatic carbocycles. The van der Waals surface area contributed by atoms with E-state index in [1.807, 2.05) is 32.3 Å². The summed E-state index contributed by atoms with van der Waals surface area (Å²) in [7, 11) is 4.09. The minimum Gasteiger partial charge on any atom is -0.354 e. The van der Waals surface area contributed by atoms with Gasteiger partial charge < -0.3 is 20.1 Å². The summed E-state index contributed by atoms with van der Waals surface area (Å²) >= 11 is 1.74. The first-order valence-corrected chi connectivity index (χ1v) is 15.3. The smallest absolute Gasteiger partial charge is 0.252 e. The summed E-state index contributed by atoms with van der Waals surface area (Å²) in [6.45, 7) is 12.2. The van der Waals surface area contributed by atoms with Crippen LogP contribution in [0.15, 0.2) is 35.7 Å². The molecule has 0 radical (unpaired) electrons. The Morgan fingerprint density at radius 3 is 2.41 bits per heavy atom. The van der Waals surface area contributed by atoms with E-state index in [4.69, 9.17) is 4.98 Å². The first kappa shape index (κ1) is 30.8. The van der Waals surface area contributed by atoms with Gasteiger partial charge in [-0.2, -0.15) is 0 Å². The Bertz CT molecular complexity index is 1200. The highest BCUT2D eigenvalue weighted by atomic mass is 32.1. The van der Waals surface area contributed by atoms with Crippen LogP contribution in [0, 0.1) is 11.8 Å². The zero-order valence-electron chi connectivity index (χ0n) is 24.8. The highest BCUT2D eigenvalue weighted by molar-refractivity contribution is 7.09. The Morgan fingerprint density at radius 2 is 1.82 bits per heavy atom. The van der Waals surface area contributed by atoms with Crippen molar-refractivity contribution in [2.24, 2.45) is 11.8 Å². The molecule has 0 saturated heterocycles. The number of imidazole rings is 1. The van der Waals surface area contributed by atoms with Crippen molar-refractivity contribution in [3.8, 4) is 0 Å². The summed E-state index contributed by atoms with van der Waals surface area (Å²) in [5.41, 5.74) is 2.40. The second-order valence-corrected chi connectivity index (χ2v) is 12.3. The third-order valence-electron chi connectivity index (χ3n) is 7.34. The number of thiophene rings is 1. The van der Waals surface area contributed by atoms with Gasteiger partial charge in [0.15, 0.2) is 0 Å². The summed E-state index contributed by atoms with van der Waals surface area (Å²) in [4.78, 5) is 34.9. The van der Waals surface area contributed by atoms with Crippen LogP contribution in [0.2, 0.25) is 0 Å². The number of hydrogen-bond donors (Lipinski definition) is 2. The monoisotopic (exact) mass is 553 g/mol. The highest BCUT2D eigenvalue weighted by Crippen LogP contribution is 2.28. The number of rotatable bonds is 15. The van der Waals surface area contributed by atoms with Crippen LogP contribution in [0.25, 0.3) is 11.0 Å². The molecular formula is C31H47N5O2S. The SMILES string of the molecule is CCC(CNC(=O)[C@H](CC(C)C)NC(=O)c1ccc2c(c1)nc(Cc1cccs1)n2C(CC)CC)CN(C)C. The molecule has 0 bridgehead atoms. The Labute approximate surface area is 238 Å². The maximum absolute atomic E-state index is 13.4. The Hall–Kier alpha value is -2.71. The van der Waals surface area contributed by atoms with Crippen molar-refractivity contribution in [2.45, 2.75) is 78.8 Å². The third-order valence-corrected chi connectivity index (χ3v) is 8.22. The molecule has 0 aliphatic heterocycles. The molecule has 214 valence electrons. The van der Waals surface area contributed by atoms with Crippen molar-refractivity contribution in [3.63, 3.8) is 0 Å². The number of amides is 2. The molecule has 0 aliphatic carbocycles. The molecule has 0 saturated carbocycles. The van der Waals surface area contributed by atoms with Gasteiger partial charge in [0, 0.05) is 36.0 Å². The van der Waals surface area contributed by atoms with E-state index in [1.165, 1.54) is 4.88 Å². The Morgan fingerprint density at radius 1 is 1.08 bits per heavy atom. The van der Waals surface area contributed by atoms with Gasteiger partial charge in [0.05, 0.1) is 11.0 Å². The van der Waals surface area contributed by atoms with E-state index in [0.717, 1.165) is 49.1 Å². The van der Waals surface area contributed by atoms with Crippen LogP contribution in [-0.2, 0) is 11.2 Å². The summed E-state index contributed by atoms with van der Waals surface area (Å²) in [5.74, 6) is 1.30. The average Bonchev–Trinajstić information content (AvgIpc) is 3.54. The van der Waals surface area contributed by atoms with E-state index < -0.39 is 6.04 Å². The predicted octanol–water partition coefficient (Wildman–Crippen LogP) is 5.90. The number of aromatic nitrogens is 2. The highest BCUT2D eigenvalue weighted by Gasteiger charge is 2.24. The molecular weight excluding hydrogens is 506 g/mol. The lowest BCUT2D eigenvalue weighted by Gasteiger charge is -2.23. The molecule has 0 aliphatic rings. The van der Waals surface area contributed by atoms with Gasteiger partial charge in [-0.05, 0) is 74.8 Å². The van der Waals surface area contributed by atoms with Crippen molar-refractivity contribution in [1.29, 1.82) is 0 Å². The van der Waals surface area contributed by atoms with Crippen LogP contribution >= 0.6 is 11.3 Å². The molecule has 2 heterocycles. The number of fused-ring (bicyclic) bond motifs is 1. The first-order valence-electron chi connectivity index (χ1n) is 14.4. The number of carbonyl (C=O) groups is 2. The van der Waals surface area contributed by atoms with Crippen LogP contribution in [0.3, 0.4) is 0 Å². The quantitative estimate of drug-likeness (QED) is 0.246. The van der Waals surface area contributed by atoms with Gasteiger partial charge in [0.1, 0.15) is 11.9 Å². The molecule has 1 unspecified atom stereocenters. The van der Waals surface area contributed by atoms with E-state index in [9.17, 15) is 9.59 Å². The lowest BCUT2D eigenvalue weighted by atomic mass is 10.0. The fourth-order valence-corrected chi connectivity index (χ4v) is 5.91. The Kier molecular flexibility index (Phi) is 11.5. The van der Waals surface area contributed by atoms with Crippen molar-refractivity contribution in [1.82, 2.24) is 25.1 Å². The second kappa shape index (κ2) is 14.6. The van der Waals surface area contributed by atoms with Crippen molar-refractivity contribution >= 4 is 34.2 Å². The summed E-state index contributed by atoms with van der Waals surface area (Å²) in [5, 5.41) is 8.21. The molecule has 8 heteroatoms. The number of hydrogen-bond acceptors (Lipinski definition) is 5. The molecule has 2 atom stereocenters. The van der Waals surface area contributed by atoms with Gasteiger partial charge in [-0.25, -0.2) is 4.98 Å². The molecule has 3 rings (SSSR count). The van der Waals surface area contributed by atoms with E-state index in [0.29, 0.717) is 30.5 Å². The fraction of sp³-hybridized carbons (Fsp3) is 0.581. The van der Waals surface area contributed by atoms with Gasteiger partial charge in [-0.3, -0.25) is 9.59 Å². The van der Waals surface area contributed by atoms with Crippen LogP contribution in [0.5, 0.6) is 0 Å². The minimum absolute atomic E-state index is 0.119. The summed E-state index contributed by atoms with van der Waals surface area (Å²) < 4.78 is 2.35. The molecule has 2 amide bonds. The van der Waals surface area contributed by atoms with Crippen molar-refractivity contribution in [3.05, 3.63) is 52.0 Å². The largest absolute Gasteiger partial charge is 0.354 e.